The molecular formula is C22H30ClF2N5O2. The fourth-order valence-corrected chi connectivity index (χ4v) is 4.41. The number of hydrogen-bond acceptors (Lipinski definition) is 7. The van der Waals surface area contributed by atoms with Crippen LogP contribution in [0.25, 0.3) is 0 Å². The number of aromatic nitrogens is 2. The number of piperidine rings is 1. The van der Waals surface area contributed by atoms with E-state index < -0.39 is 6.61 Å². The zero-order valence-corrected chi connectivity index (χ0v) is 19.9. The maximum atomic E-state index is 12.7. The minimum absolute atomic E-state index is 0.00417. The third-order valence-corrected chi connectivity index (χ3v) is 6.31. The van der Waals surface area contributed by atoms with Gasteiger partial charge >= 0.3 is 6.61 Å². The van der Waals surface area contributed by atoms with Gasteiger partial charge in [0.1, 0.15) is 5.02 Å². The number of nitrogens with zero attached hydrogens (tertiary/aromatic N) is 3. The lowest BCUT2D eigenvalue weighted by Gasteiger charge is -2.53. The Hall–Kier alpha value is -2.39. The van der Waals surface area contributed by atoms with Crippen molar-refractivity contribution >= 4 is 29.1 Å². The molecule has 0 unspecified atom stereocenters. The first-order valence-corrected chi connectivity index (χ1v) is 10.7. The van der Waals surface area contributed by atoms with Crippen molar-refractivity contribution in [2.24, 2.45) is 0 Å². The summed E-state index contributed by atoms with van der Waals surface area (Å²) in [5.41, 5.74) is 0.477. The highest BCUT2D eigenvalue weighted by atomic mass is 35.5. The first-order chi connectivity index (χ1) is 14.9. The van der Waals surface area contributed by atoms with Gasteiger partial charge in [-0.1, -0.05) is 11.6 Å². The Balaban J connectivity index is 1.79. The molecule has 3 rings (SSSR count). The van der Waals surface area contributed by atoms with Gasteiger partial charge in [-0.15, -0.1) is 0 Å². The van der Waals surface area contributed by atoms with Gasteiger partial charge in [-0.3, -0.25) is 4.90 Å². The van der Waals surface area contributed by atoms with Gasteiger partial charge in [0.05, 0.1) is 13.3 Å². The second kappa shape index (κ2) is 9.23. The summed E-state index contributed by atoms with van der Waals surface area (Å²) in [5, 5.41) is 6.88. The van der Waals surface area contributed by atoms with Gasteiger partial charge in [-0.2, -0.15) is 13.8 Å². The Morgan fingerprint density at radius 3 is 2.41 bits per heavy atom. The Morgan fingerprint density at radius 1 is 1.16 bits per heavy atom. The van der Waals surface area contributed by atoms with Gasteiger partial charge in [0.15, 0.2) is 17.3 Å². The number of halogens is 3. The standard InChI is InChI=1S/C22H30ClF2N5O2/c1-21(2)10-14(11-22(3,4)30(21)5)27-18-15(23)12-26-20(29-18)28-13-7-8-16(31-6)17(9-13)32-19(24)25/h7-9,12,14,19H,10-11H2,1-6H3,(H2,26,27,28,29). The van der Waals surface area contributed by atoms with Crippen molar-refractivity contribution < 1.29 is 18.3 Å². The van der Waals surface area contributed by atoms with E-state index in [4.69, 9.17) is 16.3 Å². The van der Waals surface area contributed by atoms with E-state index in [9.17, 15) is 8.78 Å². The van der Waals surface area contributed by atoms with Crippen molar-refractivity contribution in [2.45, 2.75) is 64.3 Å². The molecule has 1 saturated heterocycles. The van der Waals surface area contributed by atoms with Gasteiger partial charge in [0.2, 0.25) is 5.95 Å². The van der Waals surface area contributed by atoms with Crippen molar-refractivity contribution in [1.29, 1.82) is 0 Å². The van der Waals surface area contributed by atoms with Crippen LogP contribution in [-0.2, 0) is 0 Å². The number of alkyl halides is 2. The van der Waals surface area contributed by atoms with E-state index in [2.05, 4.69) is 65.0 Å². The Labute approximate surface area is 192 Å². The van der Waals surface area contributed by atoms with Gasteiger partial charge < -0.3 is 20.1 Å². The number of likely N-dealkylation sites (tertiary alicyclic amines) is 1. The predicted octanol–water partition coefficient (Wildman–Crippen LogP) is 5.55. The molecule has 1 aliphatic heterocycles. The number of hydrogen-bond donors (Lipinski definition) is 2. The molecule has 0 atom stereocenters. The van der Waals surface area contributed by atoms with Crippen LogP contribution in [0.5, 0.6) is 11.5 Å². The normalized spacial score (nSPS) is 18.4. The highest BCUT2D eigenvalue weighted by Gasteiger charge is 2.43. The molecule has 1 aromatic carbocycles. The van der Waals surface area contributed by atoms with E-state index in [1.807, 2.05) is 0 Å². The highest BCUT2D eigenvalue weighted by Crippen LogP contribution is 2.38. The summed E-state index contributed by atoms with van der Waals surface area (Å²) in [6.45, 7) is 5.92. The Morgan fingerprint density at radius 2 is 1.81 bits per heavy atom. The smallest absolute Gasteiger partial charge is 0.387 e. The molecule has 0 radical (unpaired) electrons. The molecule has 1 aliphatic rings. The average Bonchev–Trinajstić information content (AvgIpc) is 2.68. The largest absolute Gasteiger partial charge is 0.493 e. The van der Waals surface area contributed by atoms with E-state index in [-0.39, 0.29) is 34.6 Å². The molecule has 0 aliphatic carbocycles. The van der Waals surface area contributed by atoms with E-state index >= 15 is 0 Å². The minimum atomic E-state index is -2.97. The first kappa shape index (κ1) is 24.3. The van der Waals surface area contributed by atoms with E-state index in [1.54, 1.807) is 6.07 Å². The van der Waals surface area contributed by atoms with Crippen molar-refractivity contribution in [3.8, 4) is 11.5 Å². The molecule has 0 amide bonds. The van der Waals surface area contributed by atoms with E-state index in [0.717, 1.165) is 12.8 Å². The molecule has 2 heterocycles. The molecule has 0 spiro atoms. The van der Waals surface area contributed by atoms with Crippen LogP contribution < -0.4 is 20.1 Å². The van der Waals surface area contributed by atoms with Crippen LogP contribution in [-0.4, -0.2) is 52.8 Å². The van der Waals surface area contributed by atoms with Gasteiger partial charge in [0.25, 0.3) is 0 Å². The number of anilines is 3. The Bertz CT molecular complexity index is 940. The summed E-state index contributed by atoms with van der Waals surface area (Å²) in [5.74, 6) is 0.901. The summed E-state index contributed by atoms with van der Waals surface area (Å²) in [6, 6.07) is 4.75. The highest BCUT2D eigenvalue weighted by molar-refractivity contribution is 6.32. The number of benzene rings is 1. The minimum Gasteiger partial charge on any atom is -0.493 e. The van der Waals surface area contributed by atoms with Crippen LogP contribution in [0.4, 0.5) is 26.2 Å². The molecule has 0 saturated carbocycles. The fourth-order valence-electron chi connectivity index (χ4n) is 4.27. The quantitative estimate of drug-likeness (QED) is 0.551. The Kier molecular flexibility index (Phi) is 7.00. The predicted molar refractivity (Wildman–Crippen MR) is 123 cm³/mol. The summed E-state index contributed by atoms with van der Waals surface area (Å²) in [6.07, 6.45) is 3.34. The maximum Gasteiger partial charge on any atom is 0.387 e. The monoisotopic (exact) mass is 469 g/mol. The van der Waals surface area contributed by atoms with Crippen molar-refractivity contribution in [3.63, 3.8) is 0 Å². The van der Waals surface area contributed by atoms with E-state index in [0.29, 0.717) is 16.5 Å². The maximum absolute atomic E-state index is 12.7. The number of methoxy groups -OCH3 is 1. The van der Waals surface area contributed by atoms with Gasteiger partial charge in [-0.25, -0.2) is 4.98 Å². The van der Waals surface area contributed by atoms with Crippen LogP contribution in [0, 0.1) is 0 Å². The van der Waals surface area contributed by atoms with Crippen LogP contribution >= 0.6 is 11.6 Å². The second-order valence-corrected chi connectivity index (χ2v) is 9.60. The second-order valence-electron chi connectivity index (χ2n) is 9.19. The van der Waals surface area contributed by atoms with E-state index in [1.165, 1.54) is 25.4 Å². The van der Waals surface area contributed by atoms with Crippen LogP contribution in [0.3, 0.4) is 0 Å². The average molecular weight is 470 g/mol. The number of ether oxygens (including phenoxy) is 2. The third-order valence-electron chi connectivity index (χ3n) is 6.03. The van der Waals surface area contributed by atoms with Crippen molar-refractivity contribution in [1.82, 2.24) is 14.9 Å². The zero-order valence-electron chi connectivity index (χ0n) is 19.2. The third kappa shape index (κ3) is 5.50. The molecule has 0 bridgehead atoms. The van der Waals surface area contributed by atoms with Gasteiger partial charge in [-0.05, 0) is 59.7 Å². The lowest BCUT2D eigenvalue weighted by atomic mass is 9.77. The topological polar surface area (TPSA) is 71.5 Å². The molecule has 32 heavy (non-hydrogen) atoms. The summed E-state index contributed by atoms with van der Waals surface area (Å²) in [4.78, 5) is 11.1. The molecular weight excluding hydrogens is 440 g/mol. The summed E-state index contributed by atoms with van der Waals surface area (Å²) in [7, 11) is 3.53. The van der Waals surface area contributed by atoms with Crippen molar-refractivity contribution in [3.05, 3.63) is 29.4 Å². The summed E-state index contributed by atoms with van der Waals surface area (Å²) >= 11 is 6.37. The van der Waals surface area contributed by atoms with Crippen LogP contribution in [0.2, 0.25) is 5.02 Å². The molecule has 2 aromatic rings. The SMILES string of the molecule is COc1ccc(Nc2ncc(Cl)c(NC3CC(C)(C)N(C)C(C)(C)C3)n2)cc1OC(F)F. The zero-order chi connectivity index (χ0) is 23.7. The number of nitrogens with one attached hydrogen (secondary N) is 2. The molecule has 7 nitrogen and oxygen atoms in total. The molecule has 176 valence electrons. The fraction of sp³-hybridized carbons (Fsp3) is 0.545. The molecule has 1 aromatic heterocycles. The summed E-state index contributed by atoms with van der Waals surface area (Å²) < 4.78 is 35.0. The van der Waals surface area contributed by atoms with Crippen LogP contribution in [0.1, 0.15) is 40.5 Å². The molecule has 1 fully saturated rings. The number of rotatable bonds is 7. The first-order valence-electron chi connectivity index (χ1n) is 10.3. The lowest BCUT2D eigenvalue weighted by Crippen LogP contribution is -2.61. The lowest BCUT2D eigenvalue weighted by molar-refractivity contribution is -0.0511. The van der Waals surface area contributed by atoms with Crippen molar-refractivity contribution in [2.75, 3.05) is 24.8 Å². The van der Waals surface area contributed by atoms with Gasteiger partial charge in [0, 0.05) is 28.9 Å². The molecule has 10 heteroatoms. The molecule has 2 N–H and O–H groups in total. The van der Waals surface area contributed by atoms with Crippen LogP contribution in [0.15, 0.2) is 24.4 Å².